The van der Waals surface area contributed by atoms with Gasteiger partial charge in [0.05, 0.1) is 24.2 Å². The summed E-state index contributed by atoms with van der Waals surface area (Å²) in [5, 5.41) is 0. The van der Waals surface area contributed by atoms with Crippen LogP contribution in [0.5, 0.6) is 5.75 Å². The average Bonchev–Trinajstić information content (AvgIpc) is 3.28. The highest BCUT2D eigenvalue weighted by Crippen LogP contribution is 2.31. The summed E-state index contributed by atoms with van der Waals surface area (Å²) in [6, 6.07) is 13.9. The lowest BCUT2D eigenvalue weighted by atomic mass is 10.1. The Kier molecular flexibility index (Phi) is 5.28. The standard InChI is InChI=1S/C22H28N4O2/c1-28-21-7-3-2-6-20(21)25-14-12-24(13-15-25)19-9-8-17(16-18(19)23)22(27)26-10-4-5-11-26/h2-3,6-9,16H,4-5,10-15,23H2,1H3. The number of methoxy groups -OCH3 is 1. The summed E-state index contributed by atoms with van der Waals surface area (Å²) in [7, 11) is 1.71. The number of nitrogens with two attached hydrogens (primary N) is 1. The Hall–Kier alpha value is -2.89. The quantitative estimate of drug-likeness (QED) is 0.827. The summed E-state index contributed by atoms with van der Waals surface area (Å²) in [5.41, 5.74) is 9.84. The van der Waals surface area contributed by atoms with Crippen LogP contribution in [-0.2, 0) is 0 Å². The zero-order chi connectivity index (χ0) is 19.5. The molecule has 2 fully saturated rings. The number of piperazine rings is 1. The number of anilines is 3. The molecule has 0 aliphatic carbocycles. The largest absolute Gasteiger partial charge is 0.495 e. The Bertz CT molecular complexity index is 840. The molecule has 2 heterocycles. The van der Waals surface area contributed by atoms with Gasteiger partial charge in [-0.3, -0.25) is 4.79 Å². The number of nitrogens with zero attached hydrogens (tertiary/aromatic N) is 3. The molecule has 0 radical (unpaired) electrons. The molecule has 148 valence electrons. The Morgan fingerprint density at radius 3 is 2.18 bits per heavy atom. The molecule has 0 unspecified atom stereocenters. The van der Waals surface area contributed by atoms with Crippen molar-refractivity contribution in [3.63, 3.8) is 0 Å². The SMILES string of the molecule is COc1ccccc1N1CCN(c2ccc(C(=O)N3CCCC3)cc2N)CC1. The lowest BCUT2D eigenvalue weighted by Gasteiger charge is -2.38. The highest BCUT2D eigenvalue weighted by Gasteiger charge is 2.23. The van der Waals surface area contributed by atoms with Crippen LogP contribution in [0.3, 0.4) is 0 Å². The number of hydrogen-bond donors (Lipinski definition) is 1. The second-order valence-corrected chi connectivity index (χ2v) is 7.42. The fourth-order valence-electron chi connectivity index (χ4n) is 4.16. The minimum Gasteiger partial charge on any atom is -0.495 e. The number of para-hydroxylation sites is 2. The molecule has 0 aromatic heterocycles. The van der Waals surface area contributed by atoms with Crippen molar-refractivity contribution in [2.75, 3.05) is 61.9 Å². The maximum atomic E-state index is 12.6. The zero-order valence-corrected chi connectivity index (χ0v) is 16.4. The smallest absolute Gasteiger partial charge is 0.253 e. The first-order chi connectivity index (χ1) is 13.7. The summed E-state index contributed by atoms with van der Waals surface area (Å²) < 4.78 is 5.50. The molecule has 2 aromatic carbocycles. The Balaban J connectivity index is 1.44. The number of hydrogen-bond acceptors (Lipinski definition) is 5. The monoisotopic (exact) mass is 380 g/mol. The maximum absolute atomic E-state index is 12.6. The molecule has 6 heteroatoms. The molecule has 4 rings (SSSR count). The van der Waals surface area contributed by atoms with E-state index in [0.29, 0.717) is 11.3 Å². The molecule has 28 heavy (non-hydrogen) atoms. The van der Waals surface area contributed by atoms with Gasteiger partial charge in [-0.1, -0.05) is 12.1 Å². The van der Waals surface area contributed by atoms with E-state index in [1.807, 2.05) is 41.3 Å². The van der Waals surface area contributed by atoms with Crippen molar-refractivity contribution in [3.8, 4) is 5.75 Å². The van der Waals surface area contributed by atoms with E-state index in [1.165, 1.54) is 0 Å². The van der Waals surface area contributed by atoms with Crippen molar-refractivity contribution in [2.24, 2.45) is 0 Å². The van der Waals surface area contributed by atoms with Crippen molar-refractivity contribution >= 4 is 23.0 Å². The van der Waals surface area contributed by atoms with Gasteiger partial charge in [-0.05, 0) is 43.2 Å². The van der Waals surface area contributed by atoms with Crippen LogP contribution in [0.15, 0.2) is 42.5 Å². The summed E-state index contributed by atoms with van der Waals surface area (Å²) >= 11 is 0. The van der Waals surface area contributed by atoms with E-state index in [9.17, 15) is 4.79 Å². The van der Waals surface area contributed by atoms with E-state index in [-0.39, 0.29) is 5.91 Å². The Morgan fingerprint density at radius 1 is 0.893 bits per heavy atom. The first kappa shape index (κ1) is 18.5. The summed E-state index contributed by atoms with van der Waals surface area (Å²) in [4.78, 5) is 19.1. The van der Waals surface area contributed by atoms with E-state index in [4.69, 9.17) is 10.5 Å². The lowest BCUT2D eigenvalue weighted by Crippen LogP contribution is -2.46. The van der Waals surface area contributed by atoms with Gasteiger partial charge < -0.3 is 25.2 Å². The van der Waals surface area contributed by atoms with Gasteiger partial charge >= 0.3 is 0 Å². The number of carbonyl (C=O) groups excluding carboxylic acids is 1. The first-order valence-corrected chi connectivity index (χ1v) is 9.99. The Labute approximate surface area is 166 Å². The predicted molar refractivity (Wildman–Crippen MR) is 113 cm³/mol. The zero-order valence-electron chi connectivity index (χ0n) is 16.4. The predicted octanol–water partition coefficient (Wildman–Crippen LogP) is 2.84. The molecule has 0 bridgehead atoms. The van der Waals surface area contributed by atoms with Gasteiger partial charge in [-0.25, -0.2) is 0 Å². The van der Waals surface area contributed by atoms with Gasteiger partial charge in [0, 0.05) is 44.8 Å². The van der Waals surface area contributed by atoms with Crippen molar-refractivity contribution in [1.29, 1.82) is 0 Å². The second-order valence-electron chi connectivity index (χ2n) is 7.42. The van der Waals surface area contributed by atoms with Crippen molar-refractivity contribution in [3.05, 3.63) is 48.0 Å². The van der Waals surface area contributed by atoms with Gasteiger partial charge in [0.1, 0.15) is 5.75 Å². The van der Waals surface area contributed by atoms with E-state index in [1.54, 1.807) is 7.11 Å². The number of amides is 1. The lowest BCUT2D eigenvalue weighted by molar-refractivity contribution is 0.0793. The van der Waals surface area contributed by atoms with Crippen LogP contribution in [0.4, 0.5) is 17.1 Å². The van der Waals surface area contributed by atoms with Crippen molar-refractivity contribution in [1.82, 2.24) is 4.90 Å². The minimum absolute atomic E-state index is 0.0942. The third-order valence-electron chi connectivity index (χ3n) is 5.71. The van der Waals surface area contributed by atoms with Crippen molar-refractivity contribution < 1.29 is 9.53 Å². The minimum atomic E-state index is 0.0942. The average molecular weight is 380 g/mol. The number of rotatable bonds is 4. The van der Waals surface area contributed by atoms with Crippen LogP contribution >= 0.6 is 0 Å². The van der Waals surface area contributed by atoms with Crippen molar-refractivity contribution in [2.45, 2.75) is 12.8 Å². The fourth-order valence-corrected chi connectivity index (χ4v) is 4.16. The second kappa shape index (κ2) is 8.00. The summed E-state index contributed by atoms with van der Waals surface area (Å²) in [6.45, 7) is 5.25. The van der Waals surface area contributed by atoms with Gasteiger partial charge in [0.25, 0.3) is 5.91 Å². The van der Waals surface area contributed by atoms with Gasteiger partial charge in [-0.15, -0.1) is 0 Å². The topological polar surface area (TPSA) is 62.0 Å². The molecule has 2 saturated heterocycles. The number of nitrogen functional groups attached to an aromatic ring is 1. The number of carbonyl (C=O) groups is 1. The van der Waals surface area contributed by atoms with Crippen LogP contribution in [-0.4, -0.2) is 57.2 Å². The third kappa shape index (κ3) is 3.59. The van der Waals surface area contributed by atoms with Crippen LogP contribution < -0.4 is 20.3 Å². The molecule has 2 N–H and O–H groups in total. The number of benzene rings is 2. The third-order valence-corrected chi connectivity index (χ3v) is 5.71. The van der Waals surface area contributed by atoms with E-state index in [2.05, 4.69) is 15.9 Å². The van der Waals surface area contributed by atoms with Crippen LogP contribution in [0.1, 0.15) is 23.2 Å². The molecule has 2 aliphatic heterocycles. The van der Waals surface area contributed by atoms with Gasteiger partial charge in [-0.2, -0.15) is 0 Å². The van der Waals surface area contributed by atoms with E-state index in [0.717, 1.165) is 69.2 Å². The first-order valence-electron chi connectivity index (χ1n) is 9.99. The summed E-state index contributed by atoms with van der Waals surface area (Å²) in [5.74, 6) is 0.997. The number of ether oxygens (including phenoxy) is 1. The van der Waals surface area contributed by atoms with E-state index < -0.39 is 0 Å². The molecule has 2 aliphatic rings. The molecule has 0 atom stereocenters. The fraction of sp³-hybridized carbons (Fsp3) is 0.409. The molecular formula is C22H28N4O2. The molecule has 1 amide bonds. The molecule has 6 nitrogen and oxygen atoms in total. The van der Waals surface area contributed by atoms with Gasteiger partial charge in [0.2, 0.25) is 0 Å². The number of likely N-dealkylation sites (tertiary alicyclic amines) is 1. The molecular weight excluding hydrogens is 352 g/mol. The molecule has 0 spiro atoms. The van der Waals surface area contributed by atoms with Gasteiger partial charge in [0.15, 0.2) is 0 Å². The Morgan fingerprint density at radius 2 is 1.54 bits per heavy atom. The summed E-state index contributed by atoms with van der Waals surface area (Å²) in [6.07, 6.45) is 2.19. The molecule has 2 aromatic rings. The van der Waals surface area contributed by atoms with Crippen LogP contribution in [0, 0.1) is 0 Å². The van der Waals surface area contributed by atoms with Crippen LogP contribution in [0.25, 0.3) is 0 Å². The van der Waals surface area contributed by atoms with Crippen LogP contribution in [0.2, 0.25) is 0 Å². The van der Waals surface area contributed by atoms with E-state index >= 15 is 0 Å². The molecule has 0 saturated carbocycles. The highest BCUT2D eigenvalue weighted by molar-refractivity contribution is 5.96. The maximum Gasteiger partial charge on any atom is 0.253 e. The normalized spacial score (nSPS) is 17.1. The highest BCUT2D eigenvalue weighted by atomic mass is 16.5.